The van der Waals surface area contributed by atoms with Crippen molar-refractivity contribution in [2.75, 3.05) is 6.61 Å². The molecule has 6 nitrogen and oxygen atoms in total. The molecule has 1 aromatic carbocycles. The average Bonchev–Trinajstić information content (AvgIpc) is 2.51. The van der Waals surface area contributed by atoms with Crippen molar-refractivity contribution in [1.82, 2.24) is 0 Å². The highest BCUT2D eigenvalue weighted by molar-refractivity contribution is 6.46. The van der Waals surface area contributed by atoms with Crippen LogP contribution in [0.4, 0.5) is 0 Å². The highest BCUT2D eigenvalue weighted by atomic mass is 35.5. The van der Waals surface area contributed by atoms with E-state index >= 15 is 0 Å². The Morgan fingerprint density at radius 2 is 1.72 bits per heavy atom. The van der Waals surface area contributed by atoms with Crippen LogP contribution in [-0.2, 0) is 14.3 Å². The van der Waals surface area contributed by atoms with E-state index in [1.165, 1.54) is 0 Å². The van der Waals surface area contributed by atoms with Crippen molar-refractivity contribution in [2.45, 2.75) is 27.2 Å². The Hall–Kier alpha value is -1.50. The van der Waals surface area contributed by atoms with Crippen LogP contribution in [-0.4, -0.2) is 29.6 Å². The van der Waals surface area contributed by atoms with Crippen molar-refractivity contribution in [3.63, 3.8) is 0 Å². The second-order valence-electron chi connectivity index (χ2n) is 5.70. The zero-order chi connectivity index (χ0) is 19.3. The Bertz CT molecular complexity index is 687. The van der Waals surface area contributed by atoms with Gasteiger partial charge in [0, 0.05) is 0 Å². The van der Waals surface area contributed by atoms with Crippen LogP contribution in [0.25, 0.3) is 0 Å². The number of hydrogen-bond donors (Lipinski definition) is 1. The first kappa shape index (κ1) is 21.5. The molecule has 1 unspecified atom stereocenters. The number of ether oxygens (including phenoxy) is 2. The molecule has 0 heterocycles. The first-order chi connectivity index (χ1) is 11.6. The number of esters is 2. The fourth-order valence-electron chi connectivity index (χ4n) is 1.74. The molecule has 1 rings (SSSR count). The fourth-order valence-corrected chi connectivity index (χ4v) is 2.46. The summed E-state index contributed by atoms with van der Waals surface area (Å²) in [7, 11) is 0. The average molecular weight is 412 g/mol. The van der Waals surface area contributed by atoms with E-state index in [1.807, 2.05) is 20.8 Å². The lowest BCUT2D eigenvalue weighted by Crippen LogP contribution is -2.21. The van der Waals surface area contributed by atoms with Gasteiger partial charge in [-0.2, -0.15) is 0 Å². The van der Waals surface area contributed by atoms with Crippen LogP contribution < -0.4 is 4.74 Å². The number of aliphatic carboxylic acids is 1. The SMILES string of the molecule is CC(C)C(C)CCOC(=O)c1c(Cl)c(Cl)cc(Cl)c1OC(=O)C(=O)O. The minimum atomic E-state index is -1.85. The van der Waals surface area contributed by atoms with Crippen LogP contribution in [0.3, 0.4) is 0 Å². The molecule has 25 heavy (non-hydrogen) atoms. The zero-order valence-electron chi connectivity index (χ0n) is 13.8. The number of hydrogen-bond acceptors (Lipinski definition) is 5. The Kier molecular flexibility index (Phi) is 7.99. The molecule has 0 spiro atoms. The topological polar surface area (TPSA) is 89.9 Å². The van der Waals surface area contributed by atoms with Gasteiger partial charge in [0.05, 0.1) is 21.7 Å². The fraction of sp³-hybridized carbons (Fsp3) is 0.438. The third kappa shape index (κ3) is 5.76. The molecule has 0 bridgehead atoms. The zero-order valence-corrected chi connectivity index (χ0v) is 16.0. The summed E-state index contributed by atoms with van der Waals surface area (Å²) in [6.45, 7) is 6.21. The number of carboxylic acids is 1. The van der Waals surface area contributed by atoms with Crippen LogP contribution in [0.1, 0.15) is 37.6 Å². The third-order valence-corrected chi connectivity index (χ3v) is 4.71. The lowest BCUT2D eigenvalue weighted by Gasteiger charge is -2.16. The minimum Gasteiger partial charge on any atom is -0.473 e. The van der Waals surface area contributed by atoms with E-state index in [0.717, 1.165) is 6.07 Å². The number of halogens is 3. The molecule has 138 valence electrons. The van der Waals surface area contributed by atoms with Gasteiger partial charge >= 0.3 is 17.9 Å². The van der Waals surface area contributed by atoms with E-state index in [9.17, 15) is 14.4 Å². The number of carboxylic acid groups (broad SMARTS) is 1. The molecule has 0 amide bonds. The number of carbonyl (C=O) groups is 3. The predicted molar refractivity (Wildman–Crippen MR) is 93.6 cm³/mol. The van der Waals surface area contributed by atoms with Crippen molar-refractivity contribution in [1.29, 1.82) is 0 Å². The molecule has 0 aliphatic carbocycles. The maximum atomic E-state index is 12.3. The van der Waals surface area contributed by atoms with Gasteiger partial charge in [-0.1, -0.05) is 55.6 Å². The second-order valence-corrected chi connectivity index (χ2v) is 6.89. The highest BCUT2D eigenvalue weighted by Crippen LogP contribution is 2.39. The summed E-state index contributed by atoms with van der Waals surface area (Å²) >= 11 is 17.8. The molecule has 1 N–H and O–H groups in total. The molecule has 0 aromatic heterocycles. The second kappa shape index (κ2) is 9.27. The van der Waals surface area contributed by atoms with Crippen molar-refractivity contribution in [3.05, 3.63) is 26.7 Å². The minimum absolute atomic E-state index is 0.0655. The van der Waals surface area contributed by atoms with Crippen molar-refractivity contribution in [2.24, 2.45) is 11.8 Å². The Morgan fingerprint density at radius 1 is 1.12 bits per heavy atom. The number of rotatable bonds is 6. The van der Waals surface area contributed by atoms with Gasteiger partial charge in [0.15, 0.2) is 5.75 Å². The normalized spacial score (nSPS) is 12.0. The molecule has 0 radical (unpaired) electrons. The first-order valence-electron chi connectivity index (χ1n) is 7.35. The van der Waals surface area contributed by atoms with Crippen LogP contribution in [0.5, 0.6) is 5.75 Å². The summed E-state index contributed by atoms with van der Waals surface area (Å²) < 4.78 is 9.79. The molecule has 0 aliphatic rings. The maximum absolute atomic E-state index is 12.3. The summed E-state index contributed by atoms with van der Waals surface area (Å²) in [4.78, 5) is 34.3. The summed E-state index contributed by atoms with van der Waals surface area (Å²) in [6, 6.07) is 1.13. The molecule has 0 fully saturated rings. The van der Waals surface area contributed by atoms with Gasteiger partial charge in [0.2, 0.25) is 0 Å². The summed E-state index contributed by atoms with van der Waals surface area (Å²) in [6.07, 6.45) is 0.611. The lowest BCUT2D eigenvalue weighted by atomic mass is 9.95. The molecule has 9 heteroatoms. The first-order valence-corrected chi connectivity index (χ1v) is 8.49. The molecule has 0 aliphatic heterocycles. The molecular formula is C16H17Cl3O6. The summed E-state index contributed by atoms with van der Waals surface area (Å²) in [5, 5.41) is 8.09. The van der Waals surface area contributed by atoms with Crippen LogP contribution in [0.2, 0.25) is 15.1 Å². The summed E-state index contributed by atoms with van der Waals surface area (Å²) in [5.41, 5.74) is -0.397. The quantitative estimate of drug-likeness (QED) is 0.321. The van der Waals surface area contributed by atoms with E-state index in [1.54, 1.807) is 0 Å². The van der Waals surface area contributed by atoms with Gasteiger partial charge in [-0.3, -0.25) is 0 Å². The van der Waals surface area contributed by atoms with Gasteiger partial charge < -0.3 is 14.6 Å². The standard InChI is InChI=1S/C16H17Cl3O6/c1-7(2)8(3)4-5-24-15(22)11-12(19)9(17)6-10(18)13(11)25-16(23)14(20)21/h6-8H,4-5H2,1-3H3,(H,20,21). The predicted octanol–water partition coefficient (Wildman–Crippen LogP) is 4.48. The van der Waals surface area contributed by atoms with E-state index < -0.39 is 29.2 Å². The number of carbonyl (C=O) groups excluding carboxylic acids is 2. The largest absolute Gasteiger partial charge is 0.473 e. The van der Waals surface area contributed by atoms with E-state index in [2.05, 4.69) is 4.74 Å². The molecule has 1 atom stereocenters. The monoisotopic (exact) mass is 410 g/mol. The lowest BCUT2D eigenvalue weighted by molar-refractivity contribution is -0.158. The van der Waals surface area contributed by atoms with Crippen molar-refractivity contribution in [3.8, 4) is 5.75 Å². The molecule has 0 saturated heterocycles. The van der Waals surface area contributed by atoms with Gasteiger partial charge in [-0.05, 0) is 24.3 Å². The van der Waals surface area contributed by atoms with Crippen molar-refractivity contribution < 1.29 is 29.0 Å². The number of benzene rings is 1. The highest BCUT2D eigenvalue weighted by Gasteiger charge is 2.28. The van der Waals surface area contributed by atoms with Crippen LogP contribution in [0, 0.1) is 11.8 Å². The van der Waals surface area contributed by atoms with Gasteiger partial charge in [-0.25, -0.2) is 14.4 Å². The summed E-state index contributed by atoms with van der Waals surface area (Å²) in [5.74, 6) is -4.18. The molecule has 1 aromatic rings. The smallest absolute Gasteiger partial charge is 0.422 e. The van der Waals surface area contributed by atoms with Crippen molar-refractivity contribution >= 4 is 52.7 Å². The van der Waals surface area contributed by atoms with Gasteiger partial charge in [0.25, 0.3) is 0 Å². The van der Waals surface area contributed by atoms with Crippen LogP contribution >= 0.6 is 34.8 Å². The molecule has 0 saturated carbocycles. The Labute approximate surface area is 159 Å². The Morgan fingerprint density at radius 3 is 2.24 bits per heavy atom. The molecular weight excluding hydrogens is 395 g/mol. The third-order valence-electron chi connectivity index (χ3n) is 3.64. The van der Waals surface area contributed by atoms with Gasteiger partial charge in [0.1, 0.15) is 5.56 Å². The Balaban J connectivity index is 3.08. The van der Waals surface area contributed by atoms with E-state index in [0.29, 0.717) is 18.3 Å². The maximum Gasteiger partial charge on any atom is 0.422 e. The van der Waals surface area contributed by atoms with E-state index in [4.69, 9.17) is 44.6 Å². The van der Waals surface area contributed by atoms with E-state index in [-0.39, 0.29) is 21.7 Å². The van der Waals surface area contributed by atoms with Crippen LogP contribution in [0.15, 0.2) is 6.07 Å². The van der Waals surface area contributed by atoms with Gasteiger partial charge in [-0.15, -0.1) is 0 Å².